The van der Waals surface area contributed by atoms with Crippen LogP contribution in [0.1, 0.15) is 26.6 Å². The number of rotatable bonds is 6. The maximum absolute atomic E-state index is 13.7. The van der Waals surface area contributed by atoms with E-state index in [0.29, 0.717) is 28.5 Å². The summed E-state index contributed by atoms with van der Waals surface area (Å²) in [6.45, 7) is 0.102. The van der Waals surface area contributed by atoms with Crippen molar-refractivity contribution < 1.29 is 13.9 Å². The summed E-state index contributed by atoms with van der Waals surface area (Å²) in [5, 5.41) is 2.58. The fourth-order valence-corrected chi connectivity index (χ4v) is 3.16. The van der Waals surface area contributed by atoms with Crippen molar-refractivity contribution in [3.63, 3.8) is 0 Å². The predicted octanol–water partition coefficient (Wildman–Crippen LogP) is 4.20. The Morgan fingerprint density at radius 1 is 1.24 bits per heavy atom. The van der Waals surface area contributed by atoms with Crippen LogP contribution in [-0.4, -0.2) is 10.9 Å². The van der Waals surface area contributed by atoms with E-state index in [1.54, 1.807) is 41.8 Å². The monoisotopic (exact) mass is 376 g/mol. The number of nitrogens with two attached hydrogens (primary N) is 1. The van der Waals surface area contributed by atoms with Crippen LogP contribution < -0.4 is 10.5 Å². The molecule has 1 aromatic heterocycles. The van der Waals surface area contributed by atoms with Gasteiger partial charge in [-0.25, -0.2) is 9.37 Å². The zero-order valence-corrected chi connectivity index (χ0v) is 14.6. The van der Waals surface area contributed by atoms with E-state index in [2.05, 4.69) is 4.98 Å². The molecular formula is C18H14ClFN2O2S. The SMILES string of the molecule is NC(=O)c1nc(Cc2cc(Cl)ccc2OCc2ccccc2F)cs1. The first-order chi connectivity index (χ1) is 12.0. The summed E-state index contributed by atoms with van der Waals surface area (Å²) in [7, 11) is 0. The zero-order valence-electron chi connectivity index (χ0n) is 13.0. The van der Waals surface area contributed by atoms with Crippen molar-refractivity contribution in [2.24, 2.45) is 5.73 Å². The molecule has 1 heterocycles. The molecule has 0 unspecified atom stereocenters. The molecule has 4 nitrogen and oxygen atoms in total. The predicted molar refractivity (Wildman–Crippen MR) is 95.6 cm³/mol. The number of thiazole rings is 1. The number of aromatic nitrogens is 1. The van der Waals surface area contributed by atoms with E-state index in [-0.39, 0.29) is 17.4 Å². The van der Waals surface area contributed by atoms with Gasteiger partial charge in [-0.15, -0.1) is 11.3 Å². The minimum atomic E-state index is -0.557. The Bertz CT molecular complexity index is 914. The van der Waals surface area contributed by atoms with Crippen LogP contribution in [0.3, 0.4) is 0 Å². The minimum absolute atomic E-state index is 0.102. The zero-order chi connectivity index (χ0) is 17.8. The molecule has 0 saturated heterocycles. The van der Waals surface area contributed by atoms with Gasteiger partial charge in [0.1, 0.15) is 18.2 Å². The van der Waals surface area contributed by atoms with Crippen molar-refractivity contribution in [3.8, 4) is 5.75 Å². The second-order valence-corrected chi connectivity index (χ2v) is 6.61. The van der Waals surface area contributed by atoms with Crippen LogP contribution in [0.25, 0.3) is 0 Å². The molecule has 3 rings (SSSR count). The third-order valence-corrected chi connectivity index (χ3v) is 4.64. The highest BCUT2D eigenvalue weighted by molar-refractivity contribution is 7.11. The second-order valence-electron chi connectivity index (χ2n) is 5.32. The average molecular weight is 377 g/mol. The molecule has 0 spiro atoms. The molecule has 1 amide bonds. The maximum atomic E-state index is 13.7. The Morgan fingerprint density at radius 2 is 2.04 bits per heavy atom. The van der Waals surface area contributed by atoms with Crippen LogP contribution in [0.2, 0.25) is 5.02 Å². The highest BCUT2D eigenvalue weighted by atomic mass is 35.5. The Balaban J connectivity index is 1.80. The summed E-state index contributed by atoms with van der Waals surface area (Å²) in [6.07, 6.45) is 0.428. The molecule has 2 aromatic carbocycles. The number of amides is 1. The lowest BCUT2D eigenvalue weighted by molar-refractivity contribution is 0.1000. The van der Waals surface area contributed by atoms with E-state index < -0.39 is 5.91 Å². The third-order valence-electron chi connectivity index (χ3n) is 3.50. The summed E-state index contributed by atoms with van der Waals surface area (Å²) >= 11 is 7.26. The molecule has 0 bridgehead atoms. The molecule has 3 aromatic rings. The highest BCUT2D eigenvalue weighted by Crippen LogP contribution is 2.27. The van der Waals surface area contributed by atoms with Crippen molar-refractivity contribution in [1.29, 1.82) is 0 Å². The topological polar surface area (TPSA) is 65.2 Å². The quantitative estimate of drug-likeness (QED) is 0.701. The van der Waals surface area contributed by atoms with Gasteiger partial charge in [-0.1, -0.05) is 29.8 Å². The van der Waals surface area contributed by atoms with E-state index in [1.165, 1.54) is 17.4 Å². The van der Waals surface area contributed by atoms with E-state index in [9.17, 15) is 9.18 Å². The maximum Gasteiger partial charge on any atom is 0.277 e. The van der Waals surface area contributed by atoms with E-state index in [4.69, 9.17) is 22.1 Å². The number of benzene rings is 2. The average Bonchev–Trinajstić information content (AvgIpc) is 3.04. The van der Waals surface area contributed by atoms with Crippen molar-refractivity contribution >= 4 is 28.8 Å². The number of halogens is 2. The summed E-state index contributed by atoms with van der Waals surface area (Å²) in [5.41, 5.74) is 7.18. The van der Waals surface area contributed by atoms with Gasteiger partial charge in [0, 0.05) is 28.0 Å². The van der Waals surface area contributed by atoms with Crippen molar-refractivity contribution in [3.05, 3.63) is 80.5 Å². The minimum Gasteiger partial charge on any atom is -0.489 e. The van der Waals surface area contributed by atoms with Gasteiger partial charge in [-0.05, 0) is 24.3 Å². The van der Waals surface area contributed by atoms with Gasteiger partial charge in [-0.2, -0.15) is 0 Å². The van der Waals surface area contributed by atoms with Crippen LogP contribution in [0.5, 0.6) is 5.75 Å². The first kappa shape index (κ1) is 17.4. The van der Waals surface area contributed by atoms with Crippen LogP contribution in [0, 0.1) is 5.82 Å². The summed E-state index contributed by atoms with van der Waals surface area (Å²) in [5.74, 6) is -0.289. The van der Waals surface area contributed by atoms with Gasteiger partial charge in [0.25, 0.3) is 5.91 Å². The Labute approximate surface area is 153 Å². The molecular weight excluding hydrogens is 363 g/mol. The van der Waals surface area contributed by atoms with Gasteiger partial charge in [0.2, 0.25) is 0 Å². The fraction of sp³-hybridized carbons (Fsp3) is 0.111. The van der Waals surface area contributed by atoms with Gasteiger partial charge < -0.3 is 10.5 Å². The van der Waals surface area contributed by atoms with Crippen LogP contribution >= 0.6 is 22.9 Å². The smallest absolute Gasteiger partial charge is 0.277 e. The Kier molecular flexibility index (Phi) is 5.31. The standard InChI is InChI=1S/C18H14ClFN2O2S/c19-13-5-6-16(24-9-11-3-1-2-4-15(11)20)12(7-13)8-14-10-25-18(22-14)17(21)23/h1-7,10H,8-9H2,(H2,21,23). The van der Waals surface area contributed by atoms with Gasteiger partial charge in [0.05, 0.1) is 5.69 Å². The van der Waals surface area contributed by atoms with Gasteiger partial charge >= 0.3 is 0 Å². The van der Waals surface area contributed by atoms with Crippen molar-refractivity contribution in [1.82, 2.24) is 4.98 Å². The highest BCUT2D eigenvalue weighted by Gasteiger charge is 2.12. The number of primary amides is 1. The molecule has 2 N–H and O–H groups in total. The molecule has 0 aliphatic heterocycles. The number of hydrogen-bond donors (Lipinski definition) is 1. The normalized spacial score (nSPS) is 10.6. The van der Waals surface area contributed by atoms with E-state index in [1.807, 2.05) is 0 Å². The lowest BCUT2D eigenvalue weighted by Crippen LogP contribution is -2.10. The summed E-state index contributed by atoms with van der Waals surface area (Å²) in [4.78, 5) is 15.4. The van der Waals surface area contributed by atoms with Gasteiger partial charge in [-0.3, -0.25) is 4.79 Å². The number of carbonyl (C=O) groups is 1. The number of carbonyl (C=O) groups excluding carboxylic acids is 1. The fourth-order valence-electron chi connectivity index (χ4n) is 2.29. The lowest BCUT2D eigenvalue weighted by Gasteiger charge is -2.12. The van der Waals surface area contributed by atoms with E-state index >= 15 is 0 Å². The Hall–Kier alpha value is -2.44. The van der Waals surface area contributed by atoms with Crippen molar-refractivity contribution in [2.45, 2.75) is 13.0 Å². The van der Waals surface area contributed by atoms with Crippen LogP contribution in [-0.2, 0) is 13.0 Å². The van der Waals surface area contributed by atoms with Gasteiger partial charge in [0.15, 0.2) is 5.01 Å². The number of ether oxygens (including phenoxy) is 1. The van der Waals surface area contributed by atoms with E-state index in [0.717, 1.165) is 5.56 Å². The summed E-state index contributed by atoms with van der Waals surface area (Å²) < 4.78 is 19.5. The molecule has 0 fully saturated rings. The molecule has 0 atom stereocenters. The first-order valence-corrected chi connectivity index (χ1v) is 8.67. The molecule has 25 heavy (non-hydrogen) atoms. The molecule has 7 heteroatoms. The van der Waals surface area contributed by atoms with Crippen LogP contribution in [0.4, 0.5) is 4.39 Å². The largest absolute Gasteiger partial charge is 0.489 e. The number of nitrogens with zero attached hydrogens (tertiary/aromatic N) is 1. The third kappa shape index (κ3) is 4.35. The van der Waals surface area contributed by atoms with Crippen LogP contribution in [0.15, 0.2) is 47.8 Å². The lowest BCUT2D eigenvalue weighted by atomic mass is 10.1. The first-order valence-electron chi connectivity index (χ1n) is 7.42. The van der Waals surface area contributed by atoms with Crippen molar-refractivity contribution in [2.75, 3.05) is 0 Å². The molecule has 128 valence electrons. The second kappa shape index (κ2) is 7.63. The molecule has 0 saturated carbocycles. The molecule has 0 aliphatic carbocycles. The number of hydrogen-bond acceptors (Lipinski definition) is 4. The molecule has 0 aliphatic rings. The summed E-state index contributed by atoms with van der Waals surface area (Å²) in [6, 6.07) is 11.7. The Morgan fingerprint density at radius 3 is 2.76 bits per heavy atom. The molecule has 0 radical (unpaired) electrons.